The molecule has 3 aromatic rings. The van der Waals surface area contributed by atoms with Gasteiger partial charge < -0.3 is 4.98 Å². The zero-order chi connectivity index (χ0) is 17.3. The number of fused-ring (bicyclic) bond motifs is 1. The summed E-state index contributed by atoms with van der Waals surface area (Å²) in [5.74, 6) is 0. The maximum absolute atomic E-state index is 12.6. The highest BCUT2D eigenvalue weighted by atomic mass is 35.5. The van der Waals surface area contributed by atoms with Crippen molar-refractivity contribution in [1.82, 2.24) is 9.29 Å². The van der Waals surface area contributed by atoms with Crippen molar-refractivity contribution in [3.63, 3.8) is 0 Å². The second-order valence-electron chi connectivity index (χ2n) is 5.51. The van der Waals surface area contributed by atoms with E-state index in [1.54, 1.807) is 7.05 Å². The van der Waals surface area contributed by atoms with E-state index in [-0.39, 0.29) is 9.92 Å². The predicted octanol–water partition coefficient (Wildman–Crippen LogP) is 4.34. The van der Waals surface area contributed by atoms with E-state index in [2.05, 4.69) is 4.98 Å². The minimum absolute atomic E-state index is 0.137. The molecule has 0 bridgehead atoms. The Morgan fingerprint density at radius 3 is 2.58 bits per heavy atom. The van der Waals surface area contributed by atoms with E-state index in [0.29, 0.717) is 18.0 Å². The summed E-state index contributed by atoms with van der Waals surface area (Å²) < 4.78 is 26.6. The van der Waals surface area contributed by atoms with Gasteiger partial charge in [-0.3, -0.25) is 0 Å². The van der Waals surface area contributed by atoms with Crippen LogP contribution in [0.2, 0.25) is 10.0 Å². The van der Waals surface area contributed by atoms with Gasteiger partial charge in [0.25, 0.3) is 0 Å². The molecular formula is C17H16Cl2N2O2S. The molecule has 0 saturated carbocycles. The van der Waals surface area contributed by atoms with Crippen LogP contribution in [0.5, 0.6) is 0 Å². The molecule has 7 heteroatoms. The molecule has 0 aliphatic heterocycles. The minimum Gasteiger partial charge on any atom is -0.361 e. The first-order chi connectivity index (χ1) is 11.4. The van der Waals surface area contributed by atoms with Gasteiger partial charge in [0.15, 0.2) is 0 Å². The number of halogens is 2. The molecule has 0 atom stereocenters. The van der Waals surface area contributed by atoms with Crippen LogP contribution in [-0.4, -0.2) is 31.3 Å². The van der Waals surface area contributed by atoms with Crippen molar-refractivity contribution in [3.8, 4) is 0 Å². The van der Waals surface area contributed by atoms with Gasteiger partial charge in [-0.2, -0.15) is 0 Å². The fourth-order valence-corrected chi connectivity index (χ4v) is 4.11. The Morgan fingerprint density at radius 1 is 1.08 bits per heavy atom. The Kier molecular flexibility index (Phi) is 4.88. The van der Waals surface area contributed by atoms with Crippen molar-refractivity contribution in [3.05, 3.63) is 64.3 Å². The van der Waals surface area contributed by atoms with E-state index >= 15 is 0 Å². The summed E-state index contributed by atoms with van der Waals surface area (Å²) in [5, 5.41) is 1.66. The molecule has 126 valence electrons. The molecule has 1 heterocycles. The predicted molar refractivity (Wildman–Crippen MR) is 98.3 cm³/mol. The summed E-state index contributed by atoms with van der Waals surface area (Å²) in [6, 6.07) is 12.3. The molecule has 0 spiro atoms. The normalized spacial score (nSPS) is 12.2. The Labute approximate surface area is 151 Å². The molecular weight excluding hydrogens is 367 g/mol. The molecule has 3 rings (SSSR count). The number of nitrogens with one attached hydrogen (secondary N) is 1. The van der Waals surface area contributed by atoms with Crippen molar-refractivity contribution < 1.29 is 8.42 Å². The quantitative estimate of drug-likeness (QED) is 0.713. The van der Waals surface area contributed by atoms with E-state index in [1.165, 1.54) is 22.5 Å². The van der Waals surface area contributed by atoms with Crippen LogP contribution in [0, 0.1) is 0 Å². The number of aromatic amines is 1. The van der Waals surface area contributed by atoms with E-state index in [0.717, 1.165) is 16.5 Å². The van der Waals surface area contributed by atoms with Crippen LogP contribution in [0.15, 0.2) is 53.6 Å². The fraction of sp³-hybridized carbons (Fsp3) is 0.176. The molecule has 4 nitrogen and oxygen atoms in total. The molecule has 2 aromatic carbocycles. The van der Waals surface area contributed by atoms with Crippen LogP contribution < -0.4 is 0 Å². The van der Waals surface area contributed by atoms with Gasteiger partial charge in [-0.05, 0) is 36.2 Å². The highest BCUT2D eigenvalue weighted by Gasteiger charge is 2.21. The number of benzene rings is 2. The Hall–Kier alpha value is -1.53. The number of H-pyrrole nitrogens is 1. The van der Waals surface area contributed by atoms with E-state index in [4.69, 9.17) is 23.2 Å². The second kappa shape index (κ2) is 6.76. The Bertz CT molecular complexity index is 983. The summed E-state index contributed by atoms with van der Waals surface area (Å²) in [4.78, 5) is 3.33. The standard InChI is InChI=1S/C17H16Cl2N2O2S/c1-21(24(22,23)13-6-7-15(18)16(19)10-13)9-8-12-11-20-17-5-3-2-4-14(12)17/h2-7,10-11,20H,8-9H2,1H3. The molecule has 24 heavy (non-hydrogen) atoms. The topological polar surface area (TPSA) is 53.2 Å². The van der Waals surface area contributed by atoms with Gasteiger partial charge in [0.2, 0.25) is 10.0 Å². The third-order valence-corrected chi connectivity index (χ3v) is 6.56. The average molecular weight is 383 g/mol. The lowest BCUT2D eigenvalue weighted by Gasteiger charge is -2.17. The number of para-hydroxylation sites is 1. The van der Waals surface area contributed by atoms with Gasteiger partial charge in [-0.25, -0.2) is 12.7 Å². The van der Waals surface area contributed by atoms with Gasteiger partial charge in [-0.15, -0.1) is 0 Å². The zero-order valence-corrected chi connectivity index (χ0v) is 15.3. The Morgan fingerprint density at radius 2 is 1.83 bits per heavy atom. The Balaban J connectivity index is 1.78. The lowest BCUT2D eigenvalue weighted by atomic mass is 10.1. The summed E-state index contributed by atoms with van der Waals surface area (Å²) in [7, 11) is -2.04. The van der Waals surface area contributed by atoms with Crippen molar-refractivity contribution in [1.29, 1.82) is 0 Å². The number of aromatic nitrogens is 1. The number of sulfonamides is 1. The van der Waals surface area contributed by atoms with Gasteiger partial charge >= 0.3 is 0 Å². The smallest absolute Gasteiger partial charge is 0.242 e. The molecule has 0 aliphatic rings. The maximum Gasteiger partial charge on any atom is 0.242 e. The third kappa shape index (κ3) is 3.30. The molecule has 1 aromatic heterocycles. The molecule has 0 amide bonds. The van der Waals surface area contributed by atoms with E-state index in [9.17, 15) is 8.42 Å². The molecule has 0 fully saturated rings. The number of likely N-dealkylation sites (N-methyl/N-ethyl adjacent to an activating group) is 1. The van der Waals surface area contributed by atoms with Gasteiger partial charge in [0.1, 0.15) is 0 Å². The molecule has 0 radical (unpaired) electrons. The van der Waals surface area contributed by atoms with Crippen LogP contribution in [0.3, 0.4) is 0 Å². The SMILES string of the molecule is CN(CCc1c[nH]c2ccccc12)S(=O)(=O)c1ccc(Cl)c(Cl)c1. The first-order valence-electron chi connectivity index (χ1n) is 7.36. The highest BCUT2D eigenvalue weighted by Crippen LogP contribution is 2.26. The van der Waals surface area contributed by atoms with E-state index < -0.39 is 10.0 Å². The summed E-state index contributed by atoms with van der Waals surface area (Å²) in [6.07, 6.45) is 2.53. The van der Waals surface area contributed by atoms with Gasteiger partial charge in [0.05, 0.1) is 14.9 Å². The highest BCUT2D eigenvalue weighted by molar-refractivity contribution is 7.89. The molecule has 0 unspecified atom stereocenters. The van der Waals surface area contributed by atoms with Crippen LogP contribution in [-0.2, 0) is 16.4 Å². The summed E-state index contributed by atoms with van der Waals surface area (Å²) in [6.45, 7) is 0.366. The first kappa shape index (κ1) is 17.3. The van der Waals surface area contributed by atoms with Crippen molar-refractivity contribution in [2.45, 2.75) is 11.3 Å². The number of hydrogen-bond acceptors (Lipinski definition) is 2. The molecule has 1 N–H and O–H groups in total. The van der Waals surface area contributed by atoms with Gasteiger partial charge in [0, 0.05) is 30.7 Å². The van der Waals surface area contributed by atoms with Crippen molar-refractivity contribution >= 4 is 44.1 Å². The monoisotopic (exact) mass is 382 g/mol. The number of nitrogens with zero attached hydrogens (tertiary/aromatic N) is 1. The fourth-order valence-electron chi connectivity index (χ4n) is 2.55. The third-order valence-electron chi connectivity index (χ3n) is 3.97. The van der Waals surface area contributed by atoms with Crippen molar-refractivity contribution in [2.75, 3.05) is 13.6 Å². The van der Waals surface area contributed by atoms with Crippen LogP contribution in [0.4, 0.5) is 0 Å². The largest absolute Gasteiger partial charge is 0.361 e. The van der Waals surface area contributed by atoms with Crippen LogP contribution in [0.1, 0.15) is 5.56 Å². The zero-order valence-electron chi connectivity index (χ0n) is 13.0. The minimum atomic E-state index is -3.60. The van der Waals surface area contributed by atoms with Crippen LogP contribution >= 0.6 is 23.2 Å². The summed E-state index contributed by atoms with van der Waals surface area (Å²) in [5.41, 5.74) is 2.13. The van der Waals surface area contributed by atoms with Crippen molar-refractivity contribution in [2.24, 2.45) is 0 Å². The van der Waals surface area contributed by atoms with Crippen LogP contribution in [0.25, 0.3) is 10.9 Å². The maximum atomic E-state index is 12.6. The van der Waals surface area contributed by atoms with E-state index in [1.807, 2.05) is 30.5 Å². The average Bonchev–Trinajstić information content (AvgIpc) is 2.98. The molecule has 0 saturated heterocycles. The first-order valence-corrected chi connectivity index (χ1v) is 9.55. The number of rotatable bonds is 5. The number of hydrogen-bond donors (Lipinski definition) is 1. The molecule has 0 aliphatic carbocycles. The lowest BCUT2D eigenvalue weighted by molar-refractivity contribution is 0.473. The van der Waals surface area contributed by atoms with Gasteiger partial charge in [-0.1, -0.05) is 41.4 Å². The second-order valence-corrected chi connectivity index (χ2v) is 8.37. The lowest BCUT2D eigenvalue weighted by Crippen LogP contribution is -2.29. The summed E-state index contributed by atoms with van der Waals surface area (Å²) >= 11 is 11.8.